The number of methoxy groups -OCH3 is 1. The van der Waals surface area contributed by atoms with E-state index in [1.165, 1.54) is 16.7 Å². The fourth-order valence-corrected chi connectivity index (χ4v) is 2.37. The van der Waals surface area contributed by atoms with Crippen LogP contribution < -0.4 is 15.8 Å². The maximum Gasteiger partial charge on any atom is 0.193 e. The Bertz CT molecular complexity index is 645. The van der Waals surface area contributed by atoms with Crippen LogP contribution in [0.3, 0.4) is 0 Å². The van der Waals surface area contributed by atoms with Gasteiger partial charge in [0.05, 0.1) is 7.11 Å². The highest BCUT2D eigenvalue weighted by Gasteiger charge is 1.99. The van der Waals surface area contributed by atoms with Crippen LogP contribution in [0.2, 0.25) is 0 Å². The Labute approximate surface area is 132 Å². The quantitative estimate of drug-likeness (QED) is 0.657. The number of guanidine groups is 1. The Hall–Kier alpha value is -2.49. The van der Waals surface area contributed by atoms with Crippen molar-refractivity contribution in [1.82, 2.24) is 0 Å². The van der Waals surface area contributed by atoms with Gasteiger partial charge < -0.3 is 15.8 Å². The minimum Gasteiger partial charge on any atom is -0.497 e. The number of ether oxygens (including phenoxy) is 1. The molecule has 0 aliphatic carbocycles. The summed E-state index contributed by atoms with van der Waals surface area (Å²) in [5.74, 6) is 1.30. The number of hydrogen-bond acceptors (Lipinski definition) is 2. The van der Waals surface area contributed by atoms with Crippen LogP contribution in [-0.4, -0.2) is 19.6 Å². The van der Waals surface area contributed by atoms with Gasteiger partial charge in [-0.15, -0.1) is 0 Å². The van der Waals surface area contributed by atoms with Crippen molar-refractivity contribution in [3.63, 3.8) is 0 Å². The molecule has 0 aliphatic rings. The van der Waals surface area contributed by atoms with E-state index >= 15 is 0 Å². The lowest BCUT2D eigenvalue weighted by Gasteiger charge is -2.08. The maximum atomic E-state index is 5.94. The molecule has 2 aromatic carbocycles. The Balaban J connectivity index is 1.92. The van der Waals surface area contributed by atoms with Gasteiger partial charge in [-0.05, 0) is 61.2 Å². The van der Waals surface area contributed by atoms with E-state index in [9.17, 15) is 0 Å². The lowest BCUT2D eigenvalue weighted by molar-refractivity contribution is 0.414. The van der Waals surface area contributed by atoms with Gasteiger partial charge in [0.2, 0.25) is 0 Å². The summed E-state index contributed by atoms with van der Waals surface area (Å²) in [6, 6.07) is 14.2. The molecule has 0 aromatic heterocycles. The zero-order chi connectivity index (χ0) is 15.9. The fraction of sp³-hybridized carbons (Fsp3) is 0.278. The molecular formula is C18H23N3O. The van der Waals surface area contributed by atoms with Gasteiger partial charge in [0.15, 0.2) is 5.96 Å². The molecule has 0 fully saturated rings. The van der Waals surface area contributed by atoms with E-state index in [-0.39, 0.29) is 0 Å². The first kappa shape index (κ1) is 15.9. The summed E-state index contributed by atoms with van der Waals surface area (Å²) >= 11 is 0. The summed E-state index contributed by atoms with van der Waals surface area (Å²) < 4.78 is 5.21. The standard InChI is InChI=1S/C18H23N3O/c1-13-9-14(2)11-16(10-13)21-18(19)20-8-7-15-5-4-6-17(12-15)22-3/h4-6,9-12H,7-8H2,1-3H3,(H3,19,20,21). The molecule has 0 radical (unpaired) electrons. The van der Waals surface area contributed by atoms with E-state index in [4.69, 9.17) is 10.5 Å². The minimum atomic E-state index is 0.438. The van der Waals surface area contributed by atoms with Crippen molar-refractivity contribution in [1.29, 1.82) is 0 Å². The van der Waals surface area contributed by atoms with Gasteiger partial charge in [-0.2, -0.15) is 0 Å². The van der Waals surface area contributed by atoms with E-state index in [1.807, 2.05) is 18.2 Å². The van der Waals surface area contributed by atoms with Gasteiger partial charge in [0, 0.05) is 12.2 Å². The van der Waals surface area contributed by atoms with Gasteiger partial charge in [-0.1, -0.05) is 18.2 Å². The van der Waals surface area contributed by atoms with E-state index in [0.29, 0.717) is 12.5 Å². The second-order valence-electron chi connectivity index (χ2n) is 5.37. The highest BCUT2D eigenvalue weighted by molar-refractivity contribution is 5.92. The molecule has 0 amide bonds. The van der Waals surface area contributed by atoms with Crippen LogP contribution in [0.15, 0.2) is 47.5 Å². The van der Waals surface area contributed by atoms with Crippen molar-refractivity contribution >= 4 is 11.6 Å². The lowest BCUT2D eigenvalue weighted by Crippen LogP contribution is -2.23. The van der Waals surface area contributed by atoms with Gasteiger partial charge in [-0.3, -0.25) is 4.99 Å². The van der Waals surface area contributed by atoms with Crippen LogP contribution in [-0.2, 0) is 6.42 Å². The number of anilines is 1. The number of aryl methyl sites for hydroxylation is 2. The molecular weight excluding hydrogens is 274 g/mol. The number of nitrogens with two attached hydrogens (primary N) is 1. The molecule has 116 valence electrons. The number of nitrogens with one attached hydrogen (secondary N) is 1. The second-order valence-corrected chi connectivity index (χ2v) is 5.37. The van der Waals surface area contributed by atoms with E-state index < -0.39 is 0 Å². The van der Waals surface area contributed by atoms with Crippen LogP contribution in [0.25, 0.3) is 0 Å². The normalized spacial score (nSPS) is 11.3. The first-order valence-electron chi connectivity index (χ1n) is 7.35. The second kappa shape index (κ2) is 7.50. The van der Waals surface area contributed by atoms with Crippen LogP contribution in [0.4, 0.5) is 5.69 Å². The molecule has 22 heavy (non-hydrogen) atoms. The van der Waals surface area contributed by atoms with Crippen molar-refractivity contribution in [2.75, 3.05) is 19.0 Å². The number of nitrogens with zero attached hydrogens (tertiary/aromatic N) is 1. The minimum absolute atomic E-state index is 0.438. The van der Waals surface area contributed by atoms with Crippen LogP contribution >= 0.6 is 0 Å². The number of benzene rings is 2. The molecule has 0 saturated heterocycles. The topological polar surface area (TPSA) is 59.6 Å². The molecule has 0 aliphatic heterocycles. The molecule has 2 aromatic rings. The Morgan fingerprint density at radius 2 is 1.86 bits per heavy atom. The summed E-state index contributed by atoms with van der Waals surface area (Å²) in [4.78, 5) is 4.37. The lowest BCUT2D eigenvalue weighted by atomic mass is 10.1. The Morgan fingerprint density at radius 1 is 1.14 bits per heavy atom. The third kappa shape index (κ3) is 4.81. The molecule has 4 nitrogen and oxygen atoms in total. The van der Waals surface area contributed by atoms with Crippen molar-refractivity contribution in [2.24, 2.45) is 10.7 Å². The molecule has 0 bridgehead atoms. The predicted molar refractivity (Wildman–Crippen MR) is 92.7 cm³/mol. The summed E-state index contributed by atoms with van der Waals surface area (Å²) in [5, 5.41) is 3.14. The van der Waals surface area contributed by atoms with Crippen molar-refractivity contribution in [3.05, 3.63) is 59.2 Å². The molecule has 2 rings (SSSR count). The fourth-order valence-electron chi connectivity index (χ4n) is 2.37. The molecule has 3 N–H and O–H groups in total. The van der Waals surface area contributed by atoms with Gasteiger partial charge in [-0.25, -0.2) is 0 Å². The Kier molecular flexibility index (Phi) is 5.42. The molecule has 0 atom stereocenters. The van der Waals surface area contributed by atoms with Crippen LogP contribution in [0.5, 0.6) is 5.75 Å². The zero-order valence-electron chi connectivity index (χ0n) is 13.4. The van der Waals surface area contributed by atoms with Crippen LogP contribution in [0.1, 0.15) is 16.7 Å². The summed E-state index contributed by atoms with van der Waals surface area (Å²) in [7, 11) is 1.67. The SMILES string of the molecule is COc1cccc(CCN=C(N)Nc2cc(C)cc(C)c2)c1. The molecule has 4 heteroatoms. The predicted octanol–water partition coefficient (Wildman–Crippen LogP) is 3.28. The van der Waals surface area contributed by atoms with Crippen molar-refractivity contribution < 1.29 is 4.74 Å². The monoisotopic (exact) mass is 297 g/mol. The third-order valence-electron chi connectivity index (χ3n) is 3.31. The summed E-state index contributed by atoms with van der Waals surface area (Å²) in [5.41, 5.74) is 10.5. The van der Waals surface area contributed by atoms with Gasteiger partial charge in [0.1, 0.15) is 5.75 Å². The molecule has 0 unspecified atom stereocenters. The molecule has 0 saturated carbocycles. The van der Waals surface area contributed by atoms with Crippen molar-refractivity contribution in [3.8, 4) is 5.75 Å². The van der Waals surface area contributed by atoms with Crippen LogP contribution in [0, 0.1) is 13.8 Å². The average molecular weight is 297 g/mol. The number of hydrogen-bond donors (Lipinski definition) is 2. The number of rotatable bonds is 5. The molecule has 0 heterocycles. The van der Waals surface area contributed by atoms with E-state index in [2.05, 4.69) is 48.4 Å². The third-order valence-corrected chi connectivity index (χ3v) is 3.31. The average Bonchev–Trinajstić information content (AvgIpc) is 2.46. The summed E-state index contributed by atoms with van der Waals surface area (Å²) in [6.07, 6.45) is 0.826. The maximum absolute atomic E-state index is 5.94. The zero-order valence-corrected chi connectivity index (χ0v) is 13.4. The largest absolute Gasteiger partial charge is 0.497 e. The Morgan fingerprint density at radius 3 is 2.55 bits per heavy atom. The highest BCUT2D eigenvalue weighted by atomic mass is 16.5. The first-order chi connectivity index (χ1) is 10.6. The highest BCUT2D eigenvalue weighted by Crippen LogP contribution is 2.14. The summed E-state index contributed by atoms with van der Waals surface area (Å²) in [6.45, 7) is 4.76. The smallest absolute Gasteiger partial charge is 0.193 e. The van der Waals surface area contributed by atoms with Gasteiger partial charge >= 0.3 is 0 Å². The molecule has 0 spiro atoms. The van der Waals surface area contributed by atoms with Crippen molar-refractivity contribution in [2.45, 2.75) is 20.3 Å². The van der Waals surface area contributed by atoms with E-state index in [1.54, 1.807) is 7.11 Å². The van der Waals surface area contributed by atoms with Gasteiger partial charge in [0.25, 0.3) is 0 Å². The first-order valence-corrected chi connectivity index (χ1v) is 7.35. The van der Waals surface area contributed by atoms with E-state index in [0.717, 1.165) is 17.9 Å². The number of aliphatic imine (C=N–C) groups is 1.